The van der Waals surface area contributed by atoms with Gasteiger partial charge in [0.15, 0.2) is 0 Å². The number of fused-ring (bicyclic) bond motifs is 1. The van der Waals surface area contributed by atoms with Gasteiger partial charge >= 0.3 is 5.97 Å². The molecule has 2 rings (SSSR count). The maximum atomic E-state index is 12.1. The molecule has 1 atom stereocenters. The number of carbonyl (C=O) groups is 2. The van der Waals surface area contributed by atoms with Crippen LogP contribution in [-0.4, -0.2) is 25.5 Å². The van der Waals surface area contributed by atoms with Gasteiger partial charge in [-0.3, -0.25) is 9.59 Å². The summed E-state index contributed by atoms with van der Waals surface area (Å²) in [4.78, 5) is 23.8. The summed E-state index contributed by atoms with van der Waals surface area (Å²) >= 11 is 0. The third kappa shape index (κ3) is 2.69. The topological polar surface area (TPSA) is 52.6 Å². The van der Waals surface area contributed by atoms with Crippen LogP contribution < -0.4 is 4.74 Å². The van der Waals surface area contributed by atoms with Gasteiger partial charge in [-0.05, 0) is 37.0 Å². The molecule has 0 fully saturated rings. The molecule has 0 aromatic heterocycles. The Kier molecular flexibility index (Phi) is 4.42. The van der Waals surface area contributed by atoms with Gasteiger partial charge in [0.1, 0.15) is 11.5 Å². The Morgan fingerprint density at radius 1 is 1.35 bits per heavy atom. The van der Waals surface area contributed by atoms with E-state index in [0.29, 0.717) is 19.4 Å². The number of esters is 1. The van der Waals surface area contributed by atoms with Crippen molar-refractivity contribution in [3.05, 3.63) is 28.8 Å². The monoisotopic (exact) mass is 276 g/mol. The van der Waals surface area contributed by atoms with E-state index in [1.807, 2.05) is 19.1 Å². The van der Waals surface area contributed by atoms with Crippen LogP contribution >= 0.6 is 0 Å². The van der Waals surface area contributed by atoms with Crippen molar-refractivity contribution < 1.29 is 19.1 Å². The lowest BCUT2D eigenvalue weighted by Gasteiger charge is -2.26. The highest BCUT2D eigenvalue weighted by molar-refractivity contribution is 5.92. The van der Waals surface area contributed by atoms with Crippen LogP contribution in [0.4, 0.5) is 0 Å². The van der Waals surface area contributed by atoms with E-state index in [9.17, 15) is 9.59 Å². The molecule has 0 amide bonds. The Morgan fingerprint density at radius 3 is 2.75 bits per heavy atom. The summed E-state index contributed by atoms with van der Waals surface area (Å²) < 4.78 is 10.4. The molecule has 4 heteroatoms. The largest absolute Gasteiger partial charge is 0.496 e. The molecule has 1 unspecified atom stereocenters. The first kappa shape index (κ1) is 14.6. The second kappa shape index (κ2) is 6.07. The average Bonchev–Trinajstić information content (AvgIpc) is 2.42. The number of carbonyl (C=O) groups excluding carboxylic acids is 2. The molecular formula is C16H20O4. The van der Waals surface area contributed by atoms with Gasteiger partial charge in [-0.1, -0.05) is 12.1 Å². The second-order valence-electron chi connectivity index (χ2n) is 5.01. The first-order valence-electron chi connectivity index (χ1n) is 6.93. The van der Waals surface area contributed by atoms with Crippen LogP contribution in [0.15, 0.2) is 12.1 Å². The smallest absolute Gasteiger partial charge is 0.306 e. The van der Waals surface area contributed by atoms with Crippen molar-refractivity contribution in [2.45, 2.75) is 39.0 Å². The minimum Gasteiger partial charge on any atom is -0.496 e. The summed E-state index contributed by atoms with van der Waals surface area (Å²) in [7, 11) is 1.64. The van der Waals surface area contributed by atoms with E-state index >= 15 is 0 Å². The lowest BCUT2D eigenvalue weighted by molar-refractivity contribution is -0.145. The molecule has 4 nitrogen and oxygen atoms in total. The molecule has 0 N–H and O–H groups in total. The molecule has 20 heavy (non-hydrogen) atoms. The van der Waals surface area contributed by atoms with Crippen LogP contribution in [0.5, 0.6) is 5.75 Å². The normalized spacial score (nSPS) is 17.6. The second-order valence-corrected chi connectivity index (χ2v) is 5.01. The molecular weight excluding hydrogens is 256 g/mol. The molecule has 0 bridgehead atoms. The van der Waals surface area contributed by atoms with Crippen LogP contribution in [-0.2, 0) is 20.7 Å². The third-order valence-corrected chi connectivity index (χ3v) is 3.76. The zero-order valence-corrected chi connectivity index (χ0v) is 12.2. The van der Waals surface area contributed by atoms with Crippen molar-refractivity contribution in [3.8, 4) is 5.75 Å². The molecule has 1 aliphatic rings. The van der Waals surface area contributed by atoms with Gasteiger partial charge in [0.25, 0.3) is 0 Å². The summed E-state index contributed by atoms with van der Waals surface area (Å²) in [6, 6.07) is 3.88. The number of Topliss-reactive ketones (excluding diaryl/α,β-unsaturated/α-hetero) is 1. The van der Waals surface area contributed by atoms with E-state index in [4.69, 9.17) is 9.47 Å². The molecule has 0 radical (unpaired) electrons. The molecule has 1 aromatic carbocycles. The van der Waals surface area contributed by atoms with Crippen LogP contribution in [0.25, 0.3) is 0 Å². The Morgan fingerprint density at radius 2 is 2.10 bits per heavy atom. The Labute approximate surface area is 119 Å². The van der Waals surface area contributed by atoms with Crippen LogP contribution in [0.3, 0.4) is 0 Å². The minimum atomic E-state index is -0.396. The first-order valence-corrected chi connectivity index (χ1v) is 6.93. The van der Waals surface area contributed by atoms with Crippen molar-refractivity contribution in [1.82, 2.24) is 0 Å². The van der Waals surface area contributed by atoms with Crippen molar-refractivity contribution in [2.75, 3.05) is 13.7 Å². The van der Waals surface area contributed by atoms with Gasteiger partial charge in [0, 0.05) is 6.42 Å². The van der Waals surface area contributed by atoms with Crippen molar-refractivity contribution in [1.29, 1.82) is 0 Å². The van der Waals surface area contributed by atoms with Crippen LogP contribution in [0.1, 0.15) is 42.4 Å². The van der Waals surface area contributed by atoms with Gasteiger partial charge in [-0.15, -0.1) is 0 Å². The predicted octanol–water partition coefficient (Wildman–Crippen LogP) is 2.56. The number of aryl methyl sites for hydroxylation is 1. The Balaban J connectivity index is 2.37. The molecule has 0 spiro atoms. The maximum absolute atomic E-state index is 12.1. The molecule has 1 aliphatic carbocycles. The molecule has 0 saturated carbocycles. The molecule has 1 aromatic rings. The zero-order chi connectivity index (χ0) is 14.7. The van der Waals surface area contributed by atoms with Gasteiger partial charge in [-0.2, -0.15) is 0 Å². The average molecular weight is 276 g/mol. The summed E-state index contributed by atoms with van der Waals surface area (Å²) in [5.41, 5.74) is 3.02. The summed E-state index contributed by atoms with van der Waals surface area (Å²) in [6.07, 6.45) is 1.25. The number of ether oxygens (including phenoxy) is 2. The highest BCUT2D eigenvalue weighted by Crippen LogP contribution is 2.38. The number of benzene rings is 1. The van der Waals surface area contributed by atoms with Crippen molar-refractivity contribution in [3.63, 3.8) is 0 Å². The lowest BCUT2D eigenvalue weighted by Crippen LogP contribution is -2.24. The zero-order valence-electron chi connectivity index (χ0n) is 12.2. The molecule has 0 aliphatic heterocycles. The van der Waals surface area contributed by atoms with Gasteiger partial charge in [-0.25, -0.2) is 0 Å². The van der Waals surface area contributed by atoms with E-state index in [0.717, 1.165) is 22.4 Å². The fraction of sp³-hybridized carbons (Fsp3) is 0.500. The van der Waals surface area contributed by atoms with E-state index in [1.54, 1.807) is 14.0 Å². The highest BCUT2D eigenvalue weighted by Gasteiger charge is 2.32. The fourth-order valence-electron chi connectivity index (χ4n) is 2.83. The standard InChI is InChI=1S/C16H20O4/c1-4-20-15(18)9-13-11-6-5-10(2)16(19-3)12(11)7-8-14(13)17/h5-6,13H,4,7-9H2,1-3H3. The summed E-state index contributed by atoms with van der Waals surface area (Å²) in [6.45, 7) is 4.08. The minimum absolute atomic E-state index is 0.108. The Hall–Kier alpha value is -1.84. The molecule has 108 valence electrons. The van der Waals surface area contributed by atoms with E-state index < -0.39 is 5.92 Å². The quantitative estimate of drug-likeness (QED) is 0.793. The van der Waals surface area contributed by atoms with E-state index in [-0.39, 0.29) is 18.2 Å². The summed E-state index contributed by atoms with van der Waals surface area (Å²) in [5, 5.41) is 0. The van der Waals surface area contributed by atoms with E-state index in [2.05, 4.69) is 0 Å². The number of methoxy groups -OCH3 is 1. The SMILES string of the molecule is CCOC(=O)CC1C(=O)CCc2c1ccc(C)c2OC. The molecule has 0 saturated heterocycles. The van der Waals surface area contributed by atoms with Gasteiger partial charge in [0.05, 0.1) is 26.1 Å². The number of hydrogen-bond donors (Lipinski definition) is 0. The van der Waals surface area contributed by atoms with Gasteiger partial charge in [0.2, 0.25) is 0 Å². The van der Waals surface area contributed by atoms with Crippen molar-refractivity contribution >= 4 is 11.8 Å². The third-order valence-electron chi connectivity index (χ3n) is 3.76. The highest BCUT2D eigenvalue weighted by atomic mass is 16.5. The number of rotatable bonds is 4. The van der Waals surface area contributed by atoms with Crippen LogP contribution in [0.2, 0.25) is 0 Å². The number of hydrogen-bond acceptors (Lipinski definition) is 4. The van der Waals surface area contributed by atoms with Crippen LogP contribution in [0, 0.1) is 6.92 Å². The van der Waals surface area contributed by atoms with Crippen molar-refractivity contribution in [2.24, 2.45) is 0 Å². The lowest BCUT2D eigenvalue weighted by atomic mass is 9.79. The summed E-state index contributed by atoms with van der Waals surface area (Å²) in [5.74, 6) is 0.228. The Bertz CT molecular complexity index is 534. The maximum Gasteiger partial charge on any atom is 0.306 e. The first-order chi connectivity index (χ1) is 9.58. The predicted molar refractivity (Wildman–Crippen MR) is 75.1 cm³/mol. The number of ketones is 1. The fourth-order valence-corrected chi connectivity index (χ4v) is 2.83. The van der Waals surface area contributed by atoms with E-state index in [1.165, 1.54) is 0 Å². The van der Waals surface area contributed by atoms with Gasteiger partial charge < -0.3 is 9.47 Å². The molecule has 0 heterocycles.